The molecule has 0 spiro atoms. The Kier molecular flexibility index (Phi) is 4.95. The van der Waals surface area contributed by atoms with Crippen molar-refractivity contribution in [3.8, 4) is 0 Å². The normalized spacial score (nSPS) is 30.7. The molecule has 0 heterocycles. The summed E-state index contributed by atoms with van der Waals surface area (Å²) in [6, 6.07) is 7.67. The number of halogens is 1. The molecule has 4 unspecified atom stereocenters. The van der Waals surface area contributed by atoms with E-state index in [-0.39, 0.29) is 5.82 Å². The molecule has 2 aliphatic rings. The molecule has 4 atom stereocenters. The van der Waals surface area contributed by atoms with Crippen molar-refractivity contribution in [3.05, 3.63) is 35.6 Å². The number of likely N-dealkylation sites (N-methyl/N-ethyl adjacent to an activating group) is 1. The molecule has 1 N–H and O–H groups in total. The lowest BCUT2D eigenvalue weighted by Gasteiger charge is -2.42. The van der Waals surface area contributed by atoms with Gasteiger partial charge in [-0.05, 0) is 62.1 Å². The van der Waals surface area contributed by atoms with Crippen molar-refractivity contribution in [3.63, 3.8) is 0 Å². The van der Waals surface area contributed by atoms with Crippen LogP contribution in [0, 0.1) is 23.6 Å². The summed E-state index contributed by atoms with van der Waals surface area (Å²) in [7, 11) is 2.04. The summed E-state index contributed by atoms with van der Waals surface area (Å²) in [6.07, 6.45) is 10.6. The summed E-state index contributed by atoms with van der Waals surface area (Å²) < 4.78 is 13.9. The summed E-state index contributed by atoms with van der Waals surface area (Å²) in [5.74, 6) is 2.59. The molecule has 1 aromatic rings. The van der Waals surface area contributed by atoms with Crippen molar-refractivity contribution >= 4 is 0 Å². The summed E-state index contributed by atoms with van der Waals surface area (Å²) in [5, 5.41) is 3.48. The van der Waals surface area contributed by atoms with Crippen molar-refractivity contribution in [2.75, 3.05) is 7.05 Å². The second-order valence-electron chi connectivity index (χ2n) is 7.07. The standard InChI is InChI=1S/C19H28FN/c1-21-19(13-16-8-4-5-9-18(16)20)17-11-10-14-6-2-3-7-15(14)12-17/h4-5,8-9,14-15,17,19,21H,2-3,6-7,10-13H2,1H3. The van der Waals surface area contributed by atoms with Gasteiger partial charge < -0.3 is 5.32 Å². The lowest BCUT2D eigenvalue weighted by Crippen LogP contribution is -2.40. The highest BCUT2D eigenvalue weighted by Gasteiger charge is 2.35. The maximum atomic E-state index is 13.9. The molecule has 2 fully saturated rings. The Morgan fingerprint density at radius 3 is 2.62 bits per heavy atom. The van der Waals surface area contributed by atoms with Crippen LogP contribution >= 0.6 is 0 Å². The molecule has 0 saturated heterocycles. The first kappa shape index (κ1) is 15.0. The molecule has 1 nitrogen and oxygen atoms in total. The van der Waals surface area contributed by atoms with Crippen LogP contribution in [0.15, 0.2) is 24.3 Å². The second kappa shape index (κ2) is 6.91. The fraction of sp³-hybridized carbons (Fsp3) is 0.684. The largest absolute Gasteiger partial charge is 0.316 e. The SMILES string of the molecule is CNC(Cc1ccccc1F)C1CCC2CCCCC2C1. The van der Waals surface area contributed by atoms with Crippen LogP contribution in [-0.4, -0.2) is 13.1 Å². The van der Waals surface area contributed by atoms with Crippen LogP contribution in [0.5, 0.6) is 0 Å². The van der Waals surface area contributed by atoms with Gasteiger partial charge in [0.15, 0.2) is 0 Å². The van der Waals surface area contributed by atoms with E-state index in [2.05, 4.69) is 5.32 Å². The highest BCUT2D eigenvalue weighted by atomic mass is 19.1. The van der Waals surface area contributed by atoms with Crippen LogP contribution in [0.3, 0.4) is 0 Å². The molecule has 116 valence electrons. The molecule has 0 aromatic heterocycles. The van der Waals surface area contributed by atoms with E-state index in [1.54, 1.807) is 12.1 Å². The highest BCUT2D eigenvalue weighted by Crippen LogP contribution is 2.43. The Balaban J connectivity index is 1.65. The van der Waals surface area contributed by atoms with E-state index < -0.39 is 0 Å². The van der Waals surface area contributed by atoms with E-state index in [0.717, 1.165) is 23.8 Å². The molecule has 0 amide bonds. The lowest BCUT2D eigenvalue weighted by molar-refractivity contribution is 0.111. The lowest BCUT2D eigenvalue weighted by atomic mass is 9.65. The molecule has 2 saturated carbocycles. The van der Waals surface area contributed by atoms with Crippen molar-refractivity contribution in [2.45, 2.75) is 57.4 Å². The number of hydrogen-bond acceptors (Lipinski definition) is 1. The van der Waals surface area contributed by atoms with Gasteiger partial charge in [0.2, 0.25) is 0 Å². The van der Waals surface area contributed by atoms with Crippen molar-refractivity contribution in [2.24, 2.45) is 17.8 Å². The predicted octanol–water partition coefficient (Wildman–Crippen LogP) is 4.56. The zero-order valence-electron chi connectivity index (χ0n) is 13.2. The third-order valence-electron chi connectivity index (χ3n) is 5.92. The first-order valence-electron chi connectivity index (χ1n) is 8.68. The Morgan fingerprint density at radius 1 is 1.10 bits per heavy atom. The number of hydrogen-bond donors (Lipinski definition) is 1. The van der Waals surface area contributed by atoms with Gasteiger partial charge in [-0.25, -0.2) is 4.39 Å². The molecule has 3 rings (SSSR count). The Bertz CT molecular complexity index is 459. The molecule has 1 aromatic carbocycles. The van der Waals surface area contributed by atoms with E-state index in [9.17, 15) is 4.39 Å². The van der Waals surface area contributed by atoms with E-state index in [1.807, 2.05) is 19.2 Å². The Morgan fingerprint density at radius 2 is 1.86 bits per heavy atom. The van der Waals surface area contributed by atoms with Crippen molar-refractivity contribution in [1.82, 2.24) is 5.32 Å². The average molecular weight is 289 g/mol. The first-order valence-corrected chi connectivity index (χ1v) is 8.68. The van der Waals surface area contributed by atoms with Gasteiger partial charge in [-0.1, -0.05) is 43.9 Å². The Hall–Kier alpha value is -0.890. The zero-order chi connectivity index (χ0) is 14.7. The van der Waals surface area contributed by atoms with E-state index in [0.29, 0.717) is 12.0 Å². The fourth-order valence-electron chi connectivity index (χ4n) is 4.68. The Labute approximate surface area is 128 Å². The first-order chi connectivity index (χ1) is 10.3. The maximum absolute atomic E-state index is 13.9. The van der Waals surface area contributed by atoms with Crippen LogP contribution in [-0.2, 0) is 6.42 Å². The zero-order valence-corrected chi connectivity index (χ0v) is 13.2. The quantitative estimate of drug-likeness (QED) is 0.856. The summed E-state index contributed by atoms with van der Waals surface area (Å²) in [5.41, 5.74) is 0.864. The minimum absolute atomic E-state index is 0.0518. The van der Waals surface area contributed by atoms with Gasteiger partial charge in [0, 0.05) is 6.04 Å². The molecule has 0 radical (unpaired) electrons. The summed E-state index contributed by atoms with van der Waals surface area (Å²) in [4.78, 5) is 0. The molecular formula is C19H28FN. The molecule has 21 heavy (non-hydrogen) atoms. The predicted molar refractivity (Wildman–Crippen MR) is 85.7 cm³/mol. The van der Waals surface area contributed by atoms with Crippen LogP contribution in [0.25, 0.3) is 0 Å². The van der Waals surface area contributed by atoms with E-state index in [4.69, 9.17) is 0 Å². The van der Waals surface area contributed by atoms with Crippen LogP contribution in [0.4, 0.5) is 4.39 Å². The van der Waals surface area contributed by atoms with E-state index in [1.165, 1.54) is 44.9 Å². The maximum Gasteiger partial charge on any atom is 0.126 e. The fourth-order valence-corrected chi connectivity index (χ4v) is 4.68. The molecule has 2 aliphatic carbocycles. The smallest absolute Gasteiger partial charge is 0.126 e. The number of nitrogens with one attached hydrogen (secondary N) is 1. The molecular weight excluding hydrogens is 261 g/mol. The second-order valence-corrected chi connectivity index (χ2v) is 7.07. The van der Waals surface area contributed by atoms with Crippen molar-refractivity contribution < 1.29 is 4.39 Å². The number of fused-ring (bicyclic) bond motifs is 1. The van der Waals surface area contributed by atoms with Gasteiger partial charge in [-0.2, -0.15) is 0 Å². The van der Waals surface area contributed by atoms with Gasteiger partial charge in [0.1, 0.15) is 5.82 Å². The van der Waals surface area contributed by atoms with Gasteiger partial charge in [-0.15, -0.1) is 0 Å². The van der Waals surface area contributed by atoms with Gasteiger partial charge in [0.25, 0.3) is 0 Å². The molecule has 0 bridgehead atoms. The third kappa shape index (κ3) is 3.48. The topological polar surface area (TPSA) is 12.0 Å². The highest BCUT2D eigenvalue weighted by molar-refractivity contribution is 5.18. The van der Waals surface area contributed by atoms with E-state index >= 15 is 0 Å². The van der Waals surface area contributed by atoms with Gasteiger partial charge in [0.05, 0.1) is 0 Å². The molecule has 2 heteroatoms. The van der Waals surface area contributed by atoms with Gasteiger partial charge >= 0.3 is 0 Å². The van der Waals surface area contributed by atoms with Gasteiger partial charge in [-0.3, -0.25) is 0 Å². The third-order valence-corrected chi connectivity index (χ3v) is 5.92. The van der Waals surface area contributed by atoms with Crippen LogP contribution < -0.4 is 5.32 Å². The number of benzene rings is 1. The van der Waals surface area contributed by atoms with Crippen LogP contribution in [0.1, 0.15) is 50.5 Å². The summed E-state index contributed by atoms with van der Waals surface area (Å²) >= 11 is 0. The monoisotopic (exact) mass is 289 g/mol. The average Bonchev–Trinajstić information content (AvgIpc) is 2.54. The van der Waals surface area contributed by atoms with Crippen LogP contribution in [0.2, 0.25) is 0 Å². The summed E-state index contributed by atoms with van der Waals surface area (Å²) in [6.45, 7) is 0. The minimum Gasteiger partial charge on any atom is -0.316 e. The minimum atomic E-state index is -0.0518. The number of rotatable bonds is 4. The molecule has 0 aliphatic heterocycles. The van der Waals surface area contributed by atoms with Crippen molar-refractivity contribution in [1.29, 1.82) is 0 Å².